The second-order valence-corrected chi connectivity index (χ2v) is 10.2. The molecule has 0 unspecified atom stereocenters. The Kier molecular flexibility index (Phi) is 8.28. The third kappa shape index (κ3) is 6.14. The van der Waals surface area contributed by atoms with Crippen molar-refractivity contribution < 1.29 is 32.3 Å². The van der Waals surface area contributed by atoms with Gasteiger partial charge in [0.05, 0.1) is 29.8 Å². The topological polar surface area (TPSA) is 114 Å². The summed E-state index contributed by atoms with van der Waals surface area (Å²) in [6, 6.07) is 22.4. The molecule has 2 aliphatic heterocycles. The van der Waals surface area contributed by atoms with Crippen LogP contribution in [0.3, 0.4) is 0 Å². The minimum Gasteiger partial charge on any atom is -0.491 e. The largest absolute Gasteiger partial charge is 0.491 e. The molecule has 3 atom stereocenters. The van der Waals surface area contributed by atoms with E-state index in [4.69, 9.17) is 15.5 Å². The first-order valence-corrected chi connectivity index (χ1v) is 13.6. The molecule has 0 aromatic heterocycles. The van der Waals surface area contributed by atoms with Gasteiger partial charge in [0.1, 0.15) is 5.75 Å². The molecule has 3 N–H and O–H groups in total. The van der Waals surface area contributed by atoms with Crippen LogP contribution in [0.4, 0.5) is 18.9 Å². The van der Waals surface area contributed by atoms with Crippen LogP contribution in [-0.4, -0.2) is 48.9 Å². The van der Waals surface area contributed by atoms with Crippen LogP contribution in [0.2, 0.25) is 0 Å². The lowest BCUT2D eigenvalue weighted by Gasteiger charge is -2.28. The molecule has 3 aromatic rings. The molecule has 0 saturated carbocycles. The number of rotatable bonds is 8. The smallest absolute Gasteiger partial charge is 0.389 e. The SMILES string of the molecule is NC(=O)[C@H](CCC(F)(F)F)[C@@H](C(=O)N[C@H]1N=C(c2ccccc2)c2cccc3c2N(CCCO3)C1=O)c1ccccc1. The standard InChI is InChI=1S/C31H29F3N4O4/c32-31(33,34)16-15-21(27(35)39)24(19-9-3-1-4-10-19)29(40)37-28-30(41)38-17-8-18-42-23-14-7-13-22(26(23)38)25(36-28)20-11-5-2-6-12-20/h1-7,9-14,21,24,28H,8,15-18H2,(H2,35,39)(H,37,40)/t21-,24+,28-/m1/s1. The van der Waals surface area contributed by atoms with Crippen LogP contribution in [0.1, 0.15) is 41.9 Å². The number of aliphatic imine (C=N–C) groups is 1. The molecule has 0 fully saturated rings. The average molecular weight is 579 g/mol. The Morgan fingerprint density at radius 2 is 1.71 bits per heavy atom. The number of carbonyl (C=O) groups excluding carboxylic acids is 3. The van der Waals surface area contributed by atoms with E-state index in [1.165, 1.54) is 17.0 Å². The van der Waals surface area contributed by atoms with Gasteiger partial charge in [0.2, 0.25) is 18.0 Å². The number of carbonyl (C=O) groups is 3. The number of ether oxygens (including phenoxy) is 1. The Balaban J connectivity index is 1.58. The summed E-state index contributed by atoms with van der Waals surface area (Å²) < 4.78 is 45.4. The van der Waals surface area contributed by atoms with E-state index in [0.29, 0.717) is 53.4 Å². The van der Waals surface area contributed by atoms with Gasteiger partial charge in [0, 0.05) is 24.1 Å². The van der Waals surface area contributed by atoms with Crippen molar-refractivity contribution in [3.05, 3.63) is 95.6 Å². The van der Waals surface area contributed by atoms with Crippen LogP contribution in [0.5, 0.6) is 5.75 Å². The van der Waals surface area contributed by atoms with Crippen LogP contribution in [0, 0.1) is 5.92 Å². The minimum absolute atomic E-state index is 0.294. The molecule has 218 valence electrons. The highest BCUT2D eigenvalue weighted by Crippen LogP contribution is 2.39. The first-order valence-electron chi connectivity index (χ1n) is 13.6. The van der Waals surface area contributed by atoms with E-state index in [1.807, 2.05) is 36.4 Å². The van der Waals surface area contributed by atoms with E-state index in [2.05, 4.69) is 5.32 Å². The first kappa shape index (κ1) is 28.8. The van der Waals surface area contributed by atoms with Crippen LogP contribution in [0.15, 0.2) is 83.9 Å². The van der Waals surface area contributed by atoms with Crippen molar-refractivity contribution in [3.63, 3.8) is 0 Å². The van der Waals surface area contributed by atoms with Crippen molar-refractivity contribution in [2.24, 2.45) is 16.6 Å². The summed E-state index contributed by atoms with van der Waals surface area (Å²) in [6.07, 6.45) is -7.47. The van der Waals surface area contributed by atoms with Crippen molar-refractivity contribution in [1.29, 1.82) is 0 Å². The van der Waals surface area contributed by atoms with Gasteiger partial charge in [-0.05, 0) is 24.5 Å². The third-order valence-electron chi connectivity index (χ3n) is 7.34. The van der Waals surface area contributed by atoms with Gasteiger partial charge in [-0.15, -0.1) is 0 Å². The van der Waals surface area contributed by atoms with Gasteiger partial charge in [-0.1, -0.05) is 72.8 Å². The van der Waals surface area contributed by atoms with E-state index < -0.39 is 54.7 Å². The molecule has 5 rings (SSSR count). The second kappa shape index (κ2) is 12.1. The number of nitrogens with zero attached hydrogens (tertiary/aromatic N) is 2. The fourth-order valence-electron chi connectivity index (χ4n) is 5.41. The van der Waals surface area contributed by atoms with Crippen LogP contribution in [-0.2, 0) is 14.4 Å². The highest BCUT2D eigenvalue weighted by molar-refractivity contribution is 6.21. The van der Waals surface area contributed by atoms with Gasteiger partial charge in [0.25, 0.3) is 5.91 Å². The van der Waals surface area contributed by atoms with E-state index in [-0.39, 0.29) is 0 Å². The average Bonchev–Trinajstić information content (AvgIpc) is 3.25. The molecule has 8 nitrogen and oxygen atoms in total. The Hall–Kier alpha value is -4.67. The van der Waals surface area contributed by atoms with E-state index >= 15 is 0 Å². The quantitative estimate of drug-likeness (QED) is 0.414. The van der Waals surface area contributed by atoms with Gasteiger partial charge >= 0.3 is 6.18 Å². The second-order valence-electron chi connectivity index (χ2n) is 10.2. The highest BCUT2D eigenvalue weighted by atomic mass is 19.4. The van der Waals surface area contributed by atoms with Crippen molar-refractivity contribution in [1.82, 2.24) is 5.32 Å². The Labute approximate surface area is 240 Å². The van der Waals surface area contributed by atoms with Gasteiger partial charge in [0.15, 0.2) is 0 Å². The van der Waals surface area contributed by atoms with Crippen LogP contribution in [0.25, 0.3) is 0 Å². The molecule has 11 heteroatoms. The van der Waals surface area contributed by atoms with Crippen molar-refractivity contribution in [2.45, 2.75) is 37.5 Å². The number of amides is 3. The zero-order valence-corrected chi connectivity index (χ0v) is 22.5. The summed E-state index contributed by atoms with van der Waals surface area (Å²) in [4.78, 5) is 46.7. The fourth-order valence-corrected chi connectivity index (χ4v) is 5.41. The number of hydrogen-bond acceptors (Lipinski definition) is 5. The number of anilines is 1. The van der Waals surface area contributed by atoms with Gasteiger partial charge in [-0.3, -0.25) is 14.4 Å². The zero-order valence-electron chi connectivity index (χ0n) is 22.5. The van der Waals surface area contributed by atoms with Crippen molar-refractivity contribution in [2.75, 3.05) is 18.1 Å². The molecular weight excluding hydrogens is 549 g/mol. The zero-order chi connectivity index (χ0) is 29.9. The summed E-state index contributed by atoms with van der Waals surface area (Å²) in [5.41, 5.74) is 8.13. The van der Waals surface area contributed by atoms with Gasteiger partial charge in [-0.2, -0.15) is 13.2 Å². The summed E-state index contributed by atoms with van der Waals surface area (Å²) in [5, 5.41) is 2.66. The Morgan fingerprint density at radius 3 is 2.38 bits per heavy atom. The normalized spacial score (nSPS) is 18.0. The molecule has 42 heavy (non-hydrogen) atoms. The molecule has 0 aliphatic carbocycles. The summed E-state index contributed by atoms with van der Waals surface area (Å²) >= 11 is 0. The monoisotopic (exact) mass is 578 g/mol. The lowest BCUT2D eigenvalue weighted by atomic mass is 9.81. The Bertz CT molecular complexity index is 1500. The lowest BCUT2D eigenvalue weighted by molar-refractivity contribution is -0.143. The molecule has 0 spiro atoms. The molecule has 3 amide bonds. The van der Waals surface area contributed by atoms with Crippen LogP contribution < -0.4 is 20.7 Å². The summed E-state index contributed by atoms with van der Waals surface area (Å²) in [6.45, 7) is 0.676. The third-order valence-corrected chi connectivity index (χ3v) is 7.34. The summed E-state index contributed by atoms with van der Waals surface area (Å²) in [7, 11) is 0. The molecule has 3 aromatic carbocycles. The first-order chi connectivity index (χ1) is 20.1. The van der Waals surface area contributed by atoms with Crippen molar-refractivity contribution >= 4 is 29.1 Å². The van der Waals surface area contributed by atoms with E-state index in [9.17, 15) is 27.6 Å². The number of halogens is 3. The minimum atomic E-state index is -4.56. The number of nitrogens with two attached hydrogens (primary N) is 1. The maximum Gasteiger partial charge on any atom is 0.389 e. The summed E-state index contributed by atoms with van der Waals surface area (Å²) in [5.74, 6) is -4.79. The maximum absolute atomic E-state index is 14.0. The molecule has 0 bridgehead atoms. The van der Waals surface area contributed by atoms with Gasteiger partial charge in [-0.25, -0.2) is 4.99 Å². The number of para-hydroxylation sites is 1. The lowest BCUT2D eigenvalue weighted by Crippen LogP contribution is -2.50. The maximum atomic E-state index is 14.0. The Morgan fingerprint density at radius 1 is 1.02 bits per heavy atom. The fraction of sp³-hybridized carbons (Fsp3) is 0.290. The molecule has 2 aliphatic rings. The number of benzene rings is 3. The highest BCUT2D eigenvalue weighted by Gasteiger charge is 2.41. The van der Waals surface area contributed by atoms with Crippen molar-refractivity contribution in [3.8, 4) is 5.75 Å². The number of alkyl halides is 3. The number of primary amides is 1. The predicted molar refractivity (Wildman–Crippen MR) is 150 cm³/mol. The van der Waals surface area contributed by atoms with E-state index in [0.717, 1.165) is 0 Å². The predicted octanol–water partition coefficient (Wildman–Crippen LogP) is 4.32. The van der Waals surface area contributed by atoms with Crippen LogP contribution >= 0.6 is 0 Å². The molecule has 2 heterocycles. The molecule has 0 radical (unpaired) electrons. The van der Waals surface area contributed by atoms with Gasteiger partial charge < -0.3 is 20.7 Å². The molecule has 0 saturated heterocycles. The van der Waals surface area contributed by atoms with E-state index in [1.54, 1.807) is 30.3 Å². The number of nitrogens with one attached hydrogen (secondary N) is 1. The molecular formula is C31H29F3N4O4. The number of hydrogen-bond donors (Lipinski definition) is 2.